The van der Waals surface area contributed by atoms with Crippen molar-refractivity contribution in [2.24, 2.45) is 0 Å². The normalized spacial score (nSPS) is 10.6. The number of hydrogen-bond acceptors (Lipinski definition) is 3. The number of nitrogens with zero attached hydrogens (tertiary/aromatic N) is 1. The van der Waals surface area contributed by atoms with Gasteiger partial charge in [0.15, 0.2) is 0 Å². The molecule has 17 heavy (non-hydrogen) atoms. The lowest BCUT2D eigenvalue weighted by atomic mass is 10.1. The molecule has 0 aliphatic rings. The van der Waals surface area contributed by atoms with E-state index in [1.54, 1.807) is 11.3 Å². The number of rotatable bonds is 3. The van der Waals surface area contributed by atoms with Crippen LogP contribution < -0.4 is 5.32 Å². The Hall–Kier alpha value is -0.870. The summed E-state index contributed by atoms with van der Waals surface area (Å²) in [6.07, 6.45) is 0. The van der Waals surface area contributed by atoms with Gasteiger partial charge in [-0.3, -0.25) is 0 Å². The van der Waals surface area contributed by atoms with E-state index >= 15 is 0 Å². The maximum atomic E-state index is 4.44. The number of aryl methyl sites for hydroxylation is 3. The molecule has 0 saturated heterocycles. The molecule has 90 valence electrons. The third-order valence-corrected chi connectivity index (χ3v) is 4.11. The largest absolute Gasteiger partial charge is 0.377 e. The van der Waals surface area contributed by atoms with Crippen LogP contribution in [0.4, 0.5) is 5.69 Å². The smallest absolute Gasteiger partial charge is 0.112 e. The summed E-state index contributed by atoms with van der Waals surface area (Å²) in [4.78, 5) is 4.44. The Labute approximate surface area is 114 Å². The van der Waals surface area contributed by atoms with E-state index in [1.807, 2.05) is 6.92 Å². The zero-order chi connectivity index (χ0) is 12.4. The summed E-state index contributed by atoms with van der Waals surface area (Å²) < 4.78 is 1.11. The van der Waals surface area contributed by atoms with Crippen LogP contribution in [0.1, 0.15) is 21.8 Å². The van der Waals surface area contributed by atoms with E-state index in [0.29, 0.717) is 0 Å². The minimum absolute atomic E-state index is 0.779. The molecule has 1 N–H and O–H groups in total. The van der Waals surface area contributed by atoms with E-state index in [-0.39, 0.29) is 0 Å². The molecular formula is C13H15BrN2S. The van der Waals surface area contributed by atoms with Crippen molar-refractivity contribution in [2.75, 3.05) is 5.32 Å². The van der Waals surface area contributed by atoms with Crippen LogP contribution in [-0.2, 0) is 6.54 Å². The molecule has 0 radical (unpaired) electrons. The molecule has 1 aromatic carbocycles. The standard InChI is InChI=1S/C13H15BrN2S/c1-8-4-9(2)13(11(14)5-8)15-6-12-16-10(3)7-17-12/h4-5,7,15H,6H2,1-3H3. The number of benzene rings is 1. The molecule has 2 nitrogen and oxygen atoms in total. The third-order valence-electron chi connectivity index (χ3n) is 2.51. The summed E-state index contributed by atoms with van der Waals surface area (Å²) >= 11 is 5.29. The first-order chi connectivity index (χ1) is 8.06. The number of nitrogens with one attached hydrogen (secondary N) is 1. The molecule has 0 spiro atoms. The fourth-order valence-corrected chi connectivity index (χ4v) is 3.31. The lowest BCUT2D eigenvalue weighted by Crippen LogP contribution is -2.02. The second-order valence-corrected chi connectivity index (χ2v) is 5.97. The number of thiazole rings is 1. The van der Waals surface area contributed by atoms with Crippen LogP contribution in [-0.4, -0.2) is 4.98 Å². The molecule has 0 amide bonds. The second-order valence-electron chi connectivity index (χ2n) is 4.17. The van der Waals surface area contributed by atoms with Crippen molar-refractivity contribution in [3.05, 3.63) is 43.8 Å². The van der Waals surface area contributed by atoms with Gasteiger partial charge in [-0.2, -0.15) is 0 Å². The van der Waals surface area contributed by atoms with Gasteiger partial charge >= 0.3 is 0 Å². The van der Waals surface area contributed by atoms with E-state index in [2.05, 4.69) is 57.6 Å². The quantitative estimate of drug-likeness (QED) is 0.906. The minimum Gasteiger partial charge on any atom is -0.377 e. The lowest BCUT2D eigenvalue weighted by molar-refractivity contribution is 1.07. The highest BCUT2D eigenvalue weighted by Gasteiger charge is 2.05. The molecule has 0 aliphatic heterocycles. The Bertz CT molecular complexity index is 511. The van der Waals surface area contributed by atoms with Gasteiger partial charge in [0.05, 0.1) is 12.2 Å². The monoisotopic (exact) mass is 310 g/mol. The van der Waals surface area contributed by atoms with Crippen LogP contribution >= 0.6 is 27.3 Å². The van der Waals surface area contributed by atoms with Crippen LogP contribution in [0.5, 0.6) is 0 Å². The van der Waals surface area contributed by atoms with Gasteiger partial charge < -0.3 is 5.32 Å². The van der Waals surface area contributed by atoms with E-state index in [9.17, 15) is 0 Å². The average Bonchev–Trinajstić information content (AvgIpc) is 2.62. The van der Waals surface area contributed by atoms with Gasteiger partial charge in [-0.05, 0) is 53.9 Å². The van der Waals surface area contributed by atoms with Crippen molar-refractivity contribution in [2.45, 2.75) is 27.3 Å². The Kier molecular flexibility index (Phi) is 3.84. The van der Waals surface area contributed by atoms with Gasteiger partial charge in [0, 0.05) is 15.5 Å². The summed E-state index contributed by atoms with van der Waals surface area (Å²) in [5, 5.41) is 6.64. The summed E-state index contributed by atoms with van der Waals surface area (Å²) in [7, 11) is 0. The van der Waals surface area contributed by atoms with Crippen molar-refractivity contribution >= 4 is 33.0 Å². The van der Waals surface area contributed by atoms with Crippen molar-refractivity contribution < 1.29 is 0 Å². The van der Waals surface area contributed by atoms with Crippen molar-refractivity contribution in [3.8, 4) is 0 Å². The maximum absolute atomic E-state index is 4.44. The Balaban J connectivity index is 2.14. The number of aromatic nitrogens is 1. The fraction of sp³-hybridized carbons (Fsp3) is 0.308. The predicted octanol–water partition coefficient (Wildman–Crippen LogP) is 4.44. The van der Waals surface area contributed by atoms with Crippen LogP contribution in [0.3, 0.4) is 0 Å². The zero-order valence-electron chi connectivity index (χ0n) is 10.2. The summed E-state index contributed by atoms with van der Waals surface area (Å²) in [5.41, 5.74) is 4.77. The number of hydrogen-bond donors (Lipinski definition) is 1. The molecule has 2 rings (SSSR count). The third kappa shape index (κ3) is 3.07. The number of halogens is 1. The molecule has 1 heterocycles. The van der Waals surface area contributed by atoms with Gasteiger partial charge in [0.25, 0.3) is 0 Å². The molecule has 0 bridgehead atoms. The van der Waals surface area contributed by atoms with Gasteiger partial charge in [-0.25, -0.2) is 4.98 Å². The fourth-order valence-electron chi connectivity index (χ4n) is 1.79. The molecule has 0 aliphatic carbocycles. The van der Waals surface area contributed by atoms with Gasteiger partial charge in [-0.1, -0.05) is 6.07 Å². The molecule has 0 atom stereocenters. The van der Waals surface area contributed by atoms with Crippen LogP contribution in [0, 0.1) is 20.8 Å². The highest BCUT2D eigenvalue weighted by molar-refractivity contribution is 9.10. The molecule has 2 aromatic rings. The maximum Gasteiger partial charge on any atom is 0.112 e. The van der Waals surface area contributed by atoms with E-state index in [0.717, 1.165) is 27.4 Å². The Morgan fingerprint density at radius 2 is 2.06 bits per heavy atom. The van der Waals surface area contributed by atoms with Crippen molar-refractivity contribution in [1.82, 2.24) is 4.98 Å². The molecule has 0 saturated carbocycles. The first-order valence-corrected chi connectivity index (χ1v) is 7.15. The first kappa shape index (κ1) is 12.6. The predicted molar refractivity (Wildman–Crippen MR) is 77.8 cm³/mol. The van der Waals surface area contributed by atoms with E-state index < -0.39 is 0 Å². The van der Waals surface area contributed by atoms with E-state index in [1.165, 1.54) is 11.1 Å². The number of anilines is 1. The van der Waals surface area contributed by atoms with Gasteiger partial charge in [0.1, 0.15) is 5.01 Å². The Morgan fingerprint density at radius 1 is 1.29 bits per heavy atom. The zero-order valence-corrected chi connectivity index (χ0v) is 12.6. The average molecular weight is 311 g/mol. The van der Waals surface area contributed by atoms with Gasteiger partial charge in [-0.15, -0.1) is 11.3 Å². The summed E-state index contributed by atoms with van der Waals surface area (Å²) in [6.45, 7) is 7.02. The Morgan fingerprint density at radius 3 is 2.65 bits per heavy atom. The summed E-state index contributed by atoms with van der Waals surface area (Å²) in [5.74, 6) is 0. The SMILES string of the molecule is Cc1cc(C)c(NCc2nc(C)cs2)c(Br)c1. The van der Waals surface area contributed by atoms with Crippen LogP contribution in [0.25, 0.3) is 0 Å². The highest BCUT2D eigenvalue weighted by Crippen LogP contribution is 2.28. The molecule has 1 aromatic heterocycles. The van der Waals surface area contributed by atoms with Crippen molar-refractivity contribution in [3.63, 3.8) is 0 Å². The summed E-state index contributed by atoms with van der Waals surface area (Å²) in [6, 6.07) is 4.31. The van der Waals surface area contributed by atoms with E-state index in [4.69, 9.17) is 0 Å². The highest BCUT2D eigenvalue weighted by atomic mass is 79.9. The van der Waals surface area contributed by atoms with Crippen LogP contribution in [0.2, 0.25) is 0 Å². The molecular weight excluding hydrogens is 296 g/mol. The molecule has 0 unspecified atom stereocenters. The first-order valence-electron chi connectivity index (χ1n) is 5.48. The molecule has 0 fully saturated rings. The topological polar surface area (TPSA) is 24.9 Å². The van der Waals surface area contributed by atoms with Gasteiger partial charge in [0.2, 0.25) is 0 Å². The van der Waals surface area contributed by atoms with Crippen molar-refractivity contribution in [1.29, 1.82) is 0 Å². The minimum atomic E-state index is 0.779. The lowest BCUT2D eigenvalue weighted by Gasteiger charge is -2.11. The molecule has 4 heteroatoms. The second kappa shape index (κ2) is 5.19. The van der Waals surface area contributed by atoms with Crippen LogP contribution in [0.15, 0.2) is 22.0 Å².